The van der Waals surface area contributed by atoms with Gasteiger partial charge in [0.2, 0.25) is 0 Å². The Bertz CT molecular complexity index is 911. The van der Waals surface area contributed by atoms with Gasteiger partial charge >= 0.3 is 0 Å². The molecule has 2 aromatic rings. The first kappa shape index (κ1) is 20.8. The van der Waals surface area contributed by atoms with E-state index in [0.717, 1.165) is 26.1 Å². The van der Waals surface area contributed by atoms with Crippen LogP contribution < -0.4 is 15.4 Å². The number of carbonyl (C=O) groups is 1. The number of nitrogens with one attached hydrogen (secondary N) is 2. The molecule has 2 N–H and O–H groups in total. The van der Waals surface area contributed by atoms with Gasteiger partial charge in [-0.15, -0.1) is 0 Å². The lowest BCUT2D eigenvalue weighted by Gasteiger charge is -2.17. The molecule has 0 bridgehead atoms. The van der Waals surface area contributed by atoms with Gasteiger partial charge in [0, 0.05) is 30.1 Å². The summed E-state index contributed by atoms with van der Waals surface area (Å²) in [6.45, 7) is 7.54. The van der Waals surface area contributed by atoms with E-state index in [-0.39, 0.29) is 11.7 Å². The van der Waals surface area contributed by atoms with Gasteiger partial charge in [0.25, 0.3) is 5.91 Å². The number of fused-ring (bicyclic) bond motifs is 1. The number of amides is 1. The summed E-state index contributed by atoms with van der Waals surface area (Å²) >= 11 is 0. The van der Waals surface area contributed by atoms with E-state index in [4.69, 9.17) is 4.74 Å². The van der Waals surface area contributed by atoms with Gasteiger partial charge in [0.1, 0.15) is 5.82 Å². The lowest BCUT2D eigenvalue weighted by atomic mass is 10.1. The molecule has 0 saturated heterocycles. The van der Waals surface area contributed by atoms with Crippen molar-refractivity contribution in [1.82, 2.24) is 4.90 Å². The zero-order valence-corrected chi connectivity index (χ0v) is 16.6. The fraction of sp³-hybridized carbons (Fsp3) is 0.318. The molecule has 29 heavy (non-hydrogen) atoms. The molecule has 0 saturated carbocycles. The molecule has 0 spiro atoms. The third kappa shape index (κ3) is 5.12. The van der Waals surface area contributed by atoms with Gasteiger partial charge in [-0.2, -0.15) is 0 Å². The molecular weight excluding hydrogens is 376 g/mol. The molecule has 0 aromatic heterocycles. The van der Waals surface area contributed by atoms with Crippen molar-refractivity contribution < 1.29 is 18.3 Å². The molecule has 0 unspecified atom stereocenters. The highest BCUT2D eigenvalue weighted by atomic mass is 19.1. The Morgan fingerprint density at radius 2 is 1.93 bits per heavy atom. The molecule has 3 rings (SSSR count). The summed E-state index contributed by atoms with van der Waals surface area (Å²) in [4.78, 5) is 14.4. The van der Waals surface area contributed by atoms with Crippen LogP contribution in [-0.2, 0) is 4.79 Å². The minimum absolute atomic E-state index is 0.196. The predicted octanol–water partition coefficient (Wildman–Crippen LogP) is 4.48. The van der Waals surface area contributed by atoms with Crippen molar-refractivity contribution in [2.75, 3.05) is 36.9 Å². The smallest absolute Gasteiger partial charge is 0.257 e. The number of anilines is 2. The molecule has 1 aliphatic heterocycles. The Labute approximate surface area is 169 Å². The molecule has 7 heteroatoms. The van der Waals surface area contributed by atoms with E-state index in [2.05, 4.69) is 29.4 Å². The highest BCUT2D eigenvalue weighted by Gasteiger charge is 2.24. The van der Waals surface area contributed by atoms with Crippen molar-refractivity contribution in [2.24, 2.45) is 0 Å². The maximum absolute atomic E-state index is 14.3. The molecule has 5 nitrogen and oxygen atoms in total. The minimum atomic E-state index is -0.477. The van der Waals surface area contributed by atoms with E-state index in [1.54, 1.807) is 12.1 Å². The molecule has 0 aliphatic carbocycles. The molecule has 2 aromatic carbocycles. The normalized spacial score (nSPS) is 14.2. The Hall–Kier alpha value is -2.93. The maximum Gasteiger partial charge on any atom is 0.257 e. The fourth-order valence-corrected chi connectivity index (χ4v) is 3.18. The lowest BCUT2D eigenvalue weighted by molar-refractivity contribution is -0.110. The van der Waals surface area contributed by atoms with Crippen molar-refractivity contribution in [3.63, 3.8) is 0 Å². The largest absolute Gasteiger partial charge is 0.490 e. The van der Waals surface area contributed by atoms with Gasteiger partial charge in [-0.3, -0.25) is 4.79 Å². The number of ether oxygens (including phenoxy) is 1. The molecule has 0 fully saturated rings. The molecule has 1 heterocycles. The van der Waals surface area contributed by atoms with Gasteiger partial charge in [0.05, 0.1) is 17.9 Å². The Kier molecular flexibility index (Phi) is 6.82. The van der Waals surface area contributed by atoms with Crippen LogP contribution in [0.2, 0.25) is 0 Å². The van der Waals surface area contributed by atoms with Crippen molar-refractivity contribution in [1.29, 1.82) is 0 Å². The predicted molar refractivity (Wildman–Crippen MR) is 111 cm³/mol. The molecule has 1 aliphatic rings. The van der Waals surface area contributed by atoms with Crippen LogP contribution in [0.25, 0.3) is 5.57 Å². The average molecular weight is 401 g/mol. The molecular formula is C22H25F2N3O2. The third-order valence-corrected chi connectivity index (χ3v) is 4.85. The lowest BCUT2D eigenvalue weighted by Crippen LogP contribution is -2.25. The first-order chi connectivity index (χ1) is 14.0. The van der Waals surface area contributed by atoms with Crippen LogP contribution in [0.4, 0.5) is 20.2 Å². The molecule has 0 atom stereocenters. The maximum atomic E-state index is 14.3. The number of halogens is 2. The summed E-state index contributed by atoms with van der Waals surface area (Å²) < 4.78 is 33.1. The zero-order chi connectivity index (χ0) is 20.8. The van der Waals surface area contributed by atoms with Crippen molar-refractivity contribution >= 4 is 22.9 Å². The summed E-state index contributed by atoms with van der Waals surface area (Å²) in [6, 6.07) is 8.64. The van der Waals surface area contributed by atoms with E-state index in [1.165, 1.54) is 30.5 Å². The van der Waals surface area contributed by atoms with Crippen molar-refractivity contribution in [3.8, 4) is 5.75 Å². The second-order valence-electron chi connectivity index (χ2n) is 6.72. The van der Waals surface area contributed by atoms with E-state index in [9.17, 15) is 13.6 Å². The van der Waals surface area contributed by atoms with E-state index in [0.29, 0.717) is 29.1 Å². The number of hydrogen-bond acceptors (Lipinski definition) is 4. The number of benzene rings is 2. The van der Waals surface area contributed by atoms with Crippen LogP contribution >= 0.6 is 0 Å². The fourth-order valence-electron chi connectivity index (χ4n) is 3.18. The monoisotopic (exact) mass is 401 g/mol. The number of rotatable bonds is 9. The Balaban J connectivity index is 1.60. The van der Waals surface area contributed by atoms with Gasteiger partial charge in [-0.25, -0.2) is 8.78 Å². The van der Waals surface area contributed by atoms with Gasteiger partial charge < -0.3 is 20.3 Å². The highest BCUT2D eigenvalue weighted by molar-refractivity contribution is 6.31. The second-order valence-corrected chi connectivity index (χ2v) is 6.72. The summed E-state index contributed by atoms with van der Waals surface area (Å²) in [6.07, 6.45) is 2.31. The third-order valence-electron chi connectivity index (χ3n) is 4.85. The summed E-state index contributed by atoms with van der Waals surface area (Å²) in [5.74, 6) is -1.04. The summed E-state index contributed by atoms with van der Waals surface area (Å²) in [7, 11) is 0. The Morgan fingerprint density at radius 3 is 2.66 bits per heavy atom. The highest BCUT2D eigenvalue weighted by Crippen LogP contribution is 2.32. The minimum Gasteiger partial charge on any atom is -0.490 e. The first-order valence-corrected chi connectivity index (χ1v) is 9.74. The SMILES string of the molecule is CCN(CC)CCCOc1ccc(NC=C2C(=O)Nc3cc(F)ccc32)cc1F. The number of hydrogen-bond donors (Lipinski definition) is 2. The first-order valence-electron chi connectivity index (χ1n) is 9.74. The van der Waals surface area contributed by atoms with Gasteiger partial charge in [0.15, 0.2) is 11.6 Å². The van der Waals surface area contributed by atoms with Crippen LogP contribution in [0, 0.1) is 11.6 Å². The van der Waals surface area contributed by atoms with Gasteiger partial charge in [-0.1, -0.05) is 13.8 Å². The molecule has 1 amide bonds. The quantitative estimate of drug-likeness (QED) is 0.481. The van der Waals surface area contributed by atoms with E-state index < -0.39 is 11.6 Å². The van der Waals surface area contributed by atoms with Gasteiger partial charge in [-0.05, 0) is 49.8 Å². The average Bonchev–Trinajstić information content (AvgIpc) is 3.01. The molecule has 154 valence electrons. The van der Waals surface area contributed by atoms with Crippen LogP contribution in [0.5, 0.6) is 5.75 Å². The number of nitrogens with zero attached hydrogens (tertiary/aromatic N) is 1. The summed E-state index contributed by atoms with van der Waals surface area (Å²) in [5, 5.41) is 5.52. The van der Waals surface area contributed by atoms with Crippen molar-refractivity contribution in [3.05, 3.63) is 59.8 Å². The standard InChI is InChI=1S/C22H25F2N3O2/c1-3-27(4-2)10-5-11-29-21-9-7-16(13-19(21)24)25-14-18-17-8-6-15(23)12-20(17)26-22(18)28/h6-9,12-14,25H,3-5,10-11H2,1-2H3,(H,26,28). The van der Waals surface area contributed by atoms with E-state index in [1.807, 2.05) is 0 Å². The van der Waals surface area contributed by atoms with Crippen LogP contribution in [-0.4, -0.2) is 37.0 Å². The van der Waals surface area contributed by atoms with E-state index >= 15 is 0 Å². The Morgan fingerprint density at radius 1 is 1.14 bits per heavy atom. The van der Waals surface area contributed by atoms with Crippen molar-refractivity contribution in [2.45, 2.75) is 20.3 Å². The topological polar surface area (TPSA) is 53.6 Å². The van der Waals surface area contributed by atoms with Crippen LogP contribution in [0.15, 0.2) is 42.6 Å². The summed E-state index contributed by atoms with van der Waals surface area (Å²) in [5.41, 5.74) is 1.85. The number of carbonyl (C=O) groups excluding carboxylic acids is 1. The van der Waals surface area contributed by atoms with Crippen LogP contribution in [0.1, 0.15) is 25.8 Å². The second kappa shape index (κ2) is 9.52. The van der Waals surface area contributed by atoms with Crippen LogP contribution in [0.3, 0.4) is 0 Å². The zero-order valence-electron chi connectivity index (χ0n) is 16.6. The molecule has 0 radical (unpaired) electrons.